The van der Waals surface area contributed by atoms with Crippen LogP contribution in [0.15, 0.2) is 5.16 Å². The van der Waals surface area contributed by atoms with Crippen LogP contribution in [0, 0.1) is 0 Å². The van der Waals surface area contributed by atoms with E-state index < -0.39 is 11.7 Å². The van der Waals surface area contributed by atoms with Crippen molar-refractivity contribution in [3.05, 3.63) is 0 Å². The molecule has 0 aliphatic carbocycles. The number of nitrogens with zero attached hydrogens (tertiary/aromatic N) is 1. The molecular weight excluding hydrogens is 134 g/mol. The predicted molar refractivity (Wildman–Crippen MR) is 36.7 cm³/mol. The molecule has 0 spiro atoms. The predicted octanol–water partition coefficient (Wildman–Crippen LogP) is -0.743. The summed E-state index contributed by atoms with van der Waals surface area (Å²) in [4.78, 5) is 10.7. The Labute approximate surface area is 58.9 Å². The fourth-order valence-corrected chi connectivity index (χ4v) is 0.382. The lowest BCUT2D eigenvalue weighted by atomic mass is 10.4. The molecule has 0 atom stereocenters. The lowest BCUT2D eigenvalue weighted by Gasteiger charge is -2.05. The molecule has 58 valence electrons. The highest BCUT2D eigenvalue weighted by Crippen LogP contribution is 1.76. The topological polar surface area (TPSA) is 87.7 Å². The van der Waals surface area contributed by atoms with Gasteiger partial charge in [-0.1, -0.05) is 5.16 Å². The number of hydrogen-bond donors (Lipinski definition) is 3. The first kappa shape index (κ1) is 8.74. The van der Waals surface area contributed by atoms with Gasteiger partial charge in [-0.05, 0) is 13.8 Å². The summed E-state index contributed by atoms with van der Waals surface area (Å²) in [5.41, 5.74) is 4.95. The van der Waals surface area contributed by atoms with Gasteiger partial charge in [-0.25, -0.2) is 0 Å². The summed E-state index contributed by atoms with van der Waals surface area (Å²) >= 11 is 0. The van der Waals surface area contributed by atoms with E-state index in [0.29, 0.717) is 0 Å². The number of nitrogens with one attached hydrogen (secondary N) is 1. The molecular formula is C5H11N3O2. The summed E-state index contributed by atoms with van der Waals surface area (Å²) in [7, 11) is 0. The van der Waals surface area contributed by atoms with Crippen molar-refractivity contribution in [1.29, 1.82) is 0 Å². The standard InChI is InChI=1S/C5H11N3O2/c1-3(2)7-5(9)4(6)8-10/h3,10H,1-2H3,(H2,6,8)(H,7,9). The second-order valence-electron chi connectivity index (χ2n) is 2.11. The fraction of sp³-hybridized carbons (Fsp3) is 0.600. The molecule has 0 aliphatic rings. The summed E-state index contributed by atoms with van der Waals surface area (Å²) < 4.78 is 0. The average molecular weight is 145 g/mol. The van der Waals surface area contributed by atoms with Crippen molar-refractivity contribution in [2.24, 2.45) is 10.9 Å². The Hall–Kier alpha value is -1.26. The number of oxime groups is 1. The summed E-state index contributed by atoms with van der Waals surface area (Å²) in [6.07, 6.45) is 0. The van der Waals surface area contributed by atoms with E-state index in [1.165, 1.54) is 0 Å². The van der Waals surface area contributed by atoms with E-state index in [1.54, 1.807) is 13.8 Å². The SMILES string of the molecule is CC(C)NC(=O)/C(N)=N/O. The summed E-state index contributed by atoms with van der Waals surface area (Å²) in [6, 6.07) is -0.00667. The Bertz CT molecular complexity index is 153. The van der Waals surface area contributed by atoms with Crippen LogP contribution in [0.25, 0.3) is 0 Å². The maximum absolute atomic E-state index is 10.7. The van der Waals surface area contributed by atoms with Gasteiger partial charge in [0.2, 0.25) is 5.84 Å². The fourth-order valence-electron chi connectivity index (χ4n) is 0.382. The van der Waals surface area contributed by atoms with Crippen molar-refractivity contribution < 1.29 is 10.0 Å². The molecule has 0 saturated carbocycles. The largest absolute Gasteiger partial charge is 0.409 e. The maximum atomic E-state index is 10.7. The second kappa shape index (κ2) is 3.71. The van der Waals surface area contributed by atoms with Gasteiger partial charge in [0.15, 0.2) is 0 Å². The van der Waals surface area contributed by atoms with E-state index >= 15 is 0 Å². The van der Waals surface area contributed by atoms with Gasteiger partial charge in [-0.2, -0.15) is 0 Å². The number of rotatable bonds is 1. The first-order valence-electron chi connectivity index (χ1n) is 2.86. The van der Waals surface area contributed by atoms with Crippen LogP contribution < -0.4 is 11.1 Å². The molecule has 0 saturated heterocycles. The van der Waals surface area contributed by atoms with Gasteiger partial charge >= 0.3 is 0 Å². The Balaban J connectivity index is 3.86. The Kier molecular flexibility index (Phi) is 3.24. The number of amides is 1. The smallest absolute Gasteiger partial charge is 0.290 e. The van der Waals surface area contributed by atoms with Crippen LogP contribution in [0.2, 0.25) is 0 Å². The molecule has 0 aliphatic heterocycles. The first-order chi connectivity index (χ1) is 4.57. The summed E-state index contributed by atoms with van der Waals surface area (Å²) in [5, 5.41) is 13.0. The third kappa shape index (κ3) is 2.91. The summed E-state index contributed by atoms with van der Waals surface area (Å²) in [5.74, 6) is -0.980. The van der Waals surface area contributed by atoms with Gasteiger partial charge in [0, 0.05) is 6.04 Å². The molecule has 5 nitrogen and oxygen atoms in total. The molecule has 0 radical (unpaired) electrons. The lowest BCUT2D eigenvalue weighted by Crippen LogP contribution is -2.39. The van der Waals surface area contributed by atoms with E-state index in [1.807, 2.05) is 0 Å². The Morgan fingerprint density at radius 1 is 1.70 bits per heavy atom. The molecule has 0 fully saturated rings. The van der Waals surface area contributed by atoms with Crippen molar-refractivity contribution in [2.75, 3.05) is 0 Å². The van der Waals surface area contributed by atoms with Crippen LogP contribution >= 0.6 is 0 Å². The van der Waals surface area contributed by atoms with E-state index in [2.05, 4.69) is 10.5 Å². The molecule has 0 aromatic heterocycles. The lowest BCUT2D eigenvalue weighted by molar-refractivity contribution is -0.115. The Morgan fingerprint density at radius 2 is 2.20 bits per heavy atom. The highest BCUT2D eigenvalue weighted by Gasteiger charge is 2.07. The van der Waals surface area contributed by atoms with Gasteiger partial charge in [0.1, 0.15) is 0 Å². The minimum Gasteiger partial charge on any atom is -0.409 e. The van der Waals surface area contributed by atoms with Crippen LogP contribution in [0.3, 0.4) is 0 Å². The minimum absolute atomic E-state index is 0.00667. The number of hydrogen-bond acceptors (Lipinski definition) is 3. The maximum Gasteiger partial charge on any atom is 0.290 e. The molecule has 0 bridgehead atoms. The molecule has 0 rings (SSSR count). The highest BCUT2D eigenvalue weighted by atomic mass is 16.4. The van der Waals surface area contributed by atoms with Crippen molar-refractivity contribution in [3.63, 3.8) is 0 Å². The summed E-state index contributed by atoms with van der Waals surface area (Å²) in [6.45, 7) is 3.56. The van der Waals surface area contributed by atoms with E-state index in [4.69, 9.17) is 10.9 Å². The molecule has 0 aromatic rings. The van der Waals surface area contributed by atoms with Crippen LogP contribution in [0.4, 0.5) is 0 Å². The number of carbonyl (C=O) groups is 1. The van der Waals surface area contributed by atoms with Crippen LogP contribution in [-0.4, -0.2) is 23.0 Å². The van der Waals surface area contributed by atoms with E-state index in [0.717, 1.165) is 0 Å². The quantitative estimate of drug-likeness (QED) is 0.196. The van der Waals surface area contributed by atoms with E-state index in [9.17, 15) is 4.79 Å². The average Bonchev–Trinajstić information content (AvgIpc) is 1.85. The molecule has 10 heavy (non-hydrogen) atoms. The third-order valence-electron chi connectivity index (χ3n) is 0.760. The van der Waals surface area contributed by atoms with Gasteiger partial charge < -0.3 is 16.3 Å². The zero-order valence-electron chi connectivity index (χ0n) is 5.96. The van der Waals surface area contributed by atoms with Crippen molar-refractivity contribution in [2.45, 2.75) is 19.9 Å². The molecule has 1 amide bonds. The minimum atomic E-state index is -0.558. The van der Waals surface area contributed by atoms with Crippen molar-refractivity contribution in [1.82, 2.24) is 5.32 Å². The van der Waals surface area contributed by atoms with Gasteiger partial charge in [-0.15, -0.1) is 0 Å². The highest BCUT2D eigenvalue weighted by molar-refractivity contribution is 6.37. The molecule has 4 N–H and O–H groups in total. The van der Waals surface area contributed by atoms with Crippen molar-refractivity contribution in [3.8, 4) is 0 Å². The number of amidine groups is 1. The first-order valence-corrected chi connectivity index (χ1v) is 2.86. The van der Waals surface area contributed by atoms with Crippen LogP contribution in [0.5, 0.6) is 0 Å². The monoisotopic (exact) mass is 145 g/mol. The number of nitrogens with two attached hydrogens (primary N) is 1. The molecule has 0 aromatic carbocycles. The van der Waals surface area contributed by atoms with Crippen LogP contribution in [0.1, 0.15) is 13.8 Å². The second-order valence-corrected chi connectivity index (χ2v) is 2.11. The van der Waals surface area contributed by atoms with Gasteiger partial charge in [0.05, 0.1) is 0 Å². The molecule has 5 heteroatoms. The van der Waals surface area contributed by atoms with Crippen molar-refractivity contribution >= 4 is 11.7 Å². The van der Waals surface area contributed by atoms with E-state index in [-0.39, 0.29) is 6.04 Å². The number of carbonyl (C=O) groups excluding carboxylic acids is 1. The van der Waals surface area contributed by atoms with Gasteiger partial charge in [-0.3, -0.25) is 4.79 Å². The zero-order chi connectivity index (χ0) is 8.15. The molecule has 0 heterocycles. The Morgan fingerprint density at radius 3 is 2.50 bits per heavy atom. The normalized spacial score (nSPS) is 11.7. The molecule has 0 unspecified atom stereocenters. The van der Waals surface area contributed by atoms with Crippen LogP contribution in [-0.2, 0) is 4.79 Å². The zero-order valence-corrected chi connectivity index (χ0v) is 5.96. The third-order valence-corrected chi connectivity index (χ3v) is 0.760. The van der Waals surface area contributed by atoms with Gasteiger partial charge in [0.25, 0.3) is 5.91 Å².